The molecule has 0 radical (unpaired) electrons. The maximum atomic E-state index is 5.73. The van der Waals surface area contributed by atoms with Crippen molar-refractivity contribution in [1.29, 1.82) is 0 Å². The zero-order valence-corrected chi connectivity index (χ0v) is 11.4. The summed E-state index contributed by atoms with van der Waals surface area (Å²) in [7, 11) is 0. The monoisotopic (exact) mass is 244 g/mol. The molecule has 0 unspecified atom stereocenters. The number of aromatic nitrogens is 3. The fraction of sp³-hybridized carbons (Fsp3) is 0.429. The van der Waals surface area contributed by atoms with Gasteiger partial charge in [-0.1, -0.05) is 36.8 Å². The van der Waals surface area contributed by atoms with Gasteiger partial charge in [0.05, 0.1) is 11.4 Å². The number of aryl methyl sites for hydroxylation is 2. The molecule has 4 nitrogen and oxygen atoms in total. The Morgan fingerprint density at radius 1 is 1.28 bits per heavy atom. The van der Waals surface area contributed by atoms with E-state index in [1.54, 1.807) is 0 Å². The van der Waals surface area contributed by atoms with Gasteiger partial charge < -0.3 is 5.73 Å². The van der Waals surface area contributed by atoms with Crippen molar-refractivity contribution < 1.29 is 0 Å². The molecule has 0 bridgehead atoms. The van der Waals surface area contributed by atoms with Crippen LogP contribution in [-0.4, -0.2) is 15.0 Å². The van der Waals surface area contributed by atoms with Gasteiger partial charge in [-0.2, -0.15) is 0 Å². The van der Waals surface area contributed by atoms with Crippen LogP contribution in [0.5, 0.6) is 0 Å². The van der Waals surface area contributed by atoms with Crippen LogP contribution in [-0.2, 0) is 6.54 Å². The van der Waals surface area contributed by atoms with Gasteiger partial charge in [-0.05, 0) is 31.4 Å². The molecule has 0 aliphatic rings. The van der Waals surface area contributed by atoms with Crippen molar-refractivity contribution in [1.82, 2.24) is 15.0 Å². The number of benzene rings is 1. The van der Waals surface area contributed by atoms with Crippen molar-refractivity contribution in [3.63, 3.8) is 0 Å². The van der Waals surface area contributed by atoms with Crippen LogP contribution in [0, 0.1) is 13.8 Å². The molecule has 1 heterocycles. The van der Waals surface area contributed by atoms with Crippen LogP contribution < -0.4 is 5.73 Å². The van der Waals surface area contributed by atoms with Crippen molar-refractivity contribution in [2.45, 2.75) is 40.2 Å². The Hall–Kier alpha value is -1.68. The first-order valence-corrected chi connectivity index (χ1v) is 6.26. The summed E-state index contributed by atoms with van der Waals surface area (Å²) in [4.78, 5) is 0. The summed E-state index contributed by atoms with van der Waals surface area (Å²) in [6.07, 6.45) is 0. The van der Waals surface area contributed by atoms with E-state index in [1.165, 1.54) is 11.1 Å². The molecule has 0 saturated heterocycles. The maximum Gasteiger partial charge on any atom is 0.100 e. The largest absolute Gasteiger partial charge is 0.325 e. The van der Waals surface area contributed by atoms with Gasteiger partial charge in [0, 0.05) is 6.54 Å². The second kappa shape index (κ2) is 4.90. The van der Waals surface area contributed by atoms with E-state index in [9.17, 15) is 0 Å². The van der Waals surface area contributed by atoms with Gasteiger partial charge in [-0.25, -0.2) is 4.68 Å². The highest BCUT2D eigenvalue weighted by atomic mass is 15.4. The van der Waals surface area contributed by atoms with Crippen molar-refractivity contribution in [2.75, 3.05) is 0 Å². The molecule has 0 fully saturated rings. The summed E-state index contributed by atoms with van der Waals surface area (Å²) in [6.45, 7) is 8.89. The van der Waals surface area contributed by atoms with E-state index in [-0.39, 0.29) is 0 Å². The smallest absolute Gasteiger partial charge is 0.100 e. The standard InChI is InChI=1S/C14H20N4/c1-9(2)14-12(8-15)16-17-18(14)13-6-5-10(3)7-11(13)4/h5-7,9H,8,15H2,1-4H3. The minimum Gasteiger partial charge on any atom is -0.325 e. The highest BCUT2D eigenvalue weighted by Crippen LogP contribution is 2.23. The van der Waals surface area contributed by atoms with Crippen molar-refractivity contribution in [2.24, 2.45) is 5.73 Å². The van der Waals surface area contributed by atoms with Gasteiger partial charge in [0.2, 0.25) is 0 Å². The summed E-state index contributed by atoms with van der Waals surface area (Å²) >= 11 is 0. The van der Waals surface area contributed by atoms with E-state index >= 15 is 0 Å². The first kappa shape index (κ1) is 12.8. The molecule has 2 N–H and O–H groups in total. The Labute approximate surface area is 108 Å². The lowest BCUT2D eigenvalue weighted by atomic mass is 10.1. The molecule has 4 heteroatoms. The van der Waals surface area contributed by atoms with Crippen LogP contribution >= 0.6 is 0 Å². The molecule has 0 spiro atoms. The van der Waals surface area contributed by atoms with Gasteiger partial charge in [-0.15, -0.1) is 5.10 Å². The molecule has 1 aromatic carbocycles. The van der Waals surface area contributed by atoms with Crippen LogP contribution in [0.15, 0.2) is 18.2 Å². The lowest BCUT2D eigenvalue weighted by Gasteiger charge is -2.13. The van der Waals surface area contributed by atoms with Crippen LogP contribution in [0.2, 0.25) is 0 Å². The number of hydrogen-bond donors (Lipinski definition) is 1. The van der Waals surface area contributed by atoms with Crippen LogP contribution in [0.1, 0.15) is 42.3 Å². The van der Waals surface area contributed by atoms with Crippen molar-refractivity contribution >= 4 is 0 Å². The summed E-state index contributed by atoms with van der Waals surface area (Å²) in [5, 5.41) is 8.44. The zero-order valence-electron chi connectivity index (χ0n) is 11.4. The first-order chi connectivity index (χ1) is 8.54. The van der Waals surface area contributed by atoms with E-state index in [0.29, 0.717) is 12.5 Å². The topological polar surface area (TPSA) is 56.7 Å². The SMILES string of the molecule is Cc1ccc(-n2nnc(CN)c2C(C)C)c(C)c1. The fourth-order valence-electron chi connectivity index (χ4n) is 2.26. The molecule has 0 aliphatic heterocycles. The predicted molar refractivity (Wildman–Crippen MR) is 72.8 cm³/mol. The summed E-state index contributed by atoms with van der Waals surface area (Å²) in [5.41, 5.74) is 11.2. The summed E-state index contributed by atoms with van der Waals surface area (Å²) in [5.74, 6) is 0.347. The Morgan fingerprint density at radius 2 is 2.00 bits per heavy atom. The lowest BCUT2D eigenvalue weighted by molar-refractivity contribution is 0.711. The van der Waals surface area contributed by atoms with Crippen molar-refractivity contribution in [3.8, 4) is 5.69 Å². The molecule has 2 aromatic rings. The van der Waals surface area contributed by atoms with Crippen LogP contribution in [0.25, 0.3) is 5.69 Å². The summed E-state index contributed by atoms with van der Waals surface area (Å²) < 4.78 is 1.92. The molecule has 96 valence electrons. The van der Waals surface area contributed by atoms with Gasteiger partial charge in [0.1, 0.15) is 5.69 Å². The average Bonchev–Trinajstić information content (AvgIpc) is 2.72. The van der Waals surface area contributed by atoms with E-state index in [0.717, 1.165) is 17.1 Å². The number of nitrogens with zero attached hydrogens (tertiary/aromatic N) is 3. The van der Waals surface area contributed by atoms with Crippen LogP contribution in [0.4, 0.5) is 0 Å². The molecule has 0 saturated carbocycles. The van der Waals surface area contributed by atoms with Crippen LogP contribution in [0.3, 0.4) is 0 Å². The third-order valence-electron chi connectivity index (χ3n) is 3.10. The predicted octanol–water partition coefficient (Wildman–Crippen LogP) is 2.47. The minimum absolute atomic E-state index is 0.347. The van der Waals surface area contributed by atoms with E-state index in [4.69, 9.17) is 5.73 Å². The average molecular weight is 244 g/mol. The molecule has 0 atom stereocenters. The molecule has 18 heavy (non-hydrogen) atoms. The van der Waals surface area contributed by atoms with Gasteiger partial charge in [-0.3, -0.25) is 0 Å². The van der Waals surface area contributed by atoms with Gasteiger partial charge in [0.15, 0.2) is 0 Å². The maximum absolute atomic E-state index is 5.73. The number of rotatable bonds is 3. The Bertz CT molecular complexity index is 555. The van der Waals surface area contributed by atoms with E-state index in [1.807, 2.05) is 4.68 Å². The molecule has 0 amide bonds. The molecule has 1 aromatic heterocycles. The van der Waals surface area contributed by atoms with Crippen molar-refractivity contribution in [3.05, 3.63) is 40.7 Å². The second-order valence-corrected chi connectivity index (χ2v) is 4.98. The van der Waals surface area contributed by atoms with Gasteiger partial charge >= 0.3 is 0 Å². The third kappa shape index (κ3) is 2.16. The van der Waals surface area contributed by atoms with E-state index in [2.05, 4.69) is 56.2 Å². The lowest BCUT2D eigenvalue weighted by Crippen LogP contribution is -2.08. The number of hydrogen-bond acceptors (Lipinski definition) is 3. The Balaban J connectivity index is 2.60. The van der Waals surface area contributed by atoms with Gasteiger partial charge in [0.25, 0.3) is 0 Å². The fourth-order valence-corrected chi connectivity index (χ4v) is 2.26. The molecule has 0 aliphatic carbocycles. The highest BCUT2D eigenvalue weighted by molar-refractivity contribution is 5.43. The number of nitrogens with two attached hydrogens (primary N) is 1. The normalized spacial score (nSPS) is 11.2. The van der Waals surface area contributed by atoms with E-state index < -0.39 is 0 Å². The molecular weight excluding hydrogens is 224 g/mol. The minimum atomic E-state index is 0.347. The zero-order chi connectivity index (χ0) is 13.3. The Kier molecular flexibility index (Phi) is 3.48. The third-order valence-corrected chi connectivity index (χ3v) is 3.10. The highest BCUT2D eigenvalue weighted by Gasteiger charge is 2.17. The molecule has 2 rings (SSSR count). The molecular formula is C14H20N4. The summed E-state index contributed by atoms with van der Waals surface area (Å²) in [6, 6.07) is 6.34. The Morgan fingerprint density at radius 3 is 2.56 bits per heavy atom. The first-order valence-electron chi connectivity index (χ1n) is 6.26. The second-order valence-electron chi connectivity index (χ2n) is 4.98. The quantitative estimate of drug-likeness (QED) is 0.902.